The summed E-state index contributed by atoms with van der Waals surface area (Å²) in [7, 11) is 0. The normalized spacial score (nSPS) is 13.4. The van der Waals surface area contributed by atoms with Gasteiger partial charge in [0.25, 0.3) is 23.6 Å². The number of halogens is 6. The minimum absolute atomic E-state index is 0.0370. The first kappa shape index (κ1) is 61.6. The summed E-state index contributed by atoms with van der Waals surface area (Å²) in [4.78, 5) is 118. The highest BCUT2D eigenvalue weighted by Crippen LogP contribution is 2.42. The number of amides is 4. The van der Waals surface area contributed by atoms with E-state index in [2.05, 4.69) is 25.4 Å². The van der Waals surface area contributed by atoms with E-state index in [1.807, 2.05) is 136 Å². The number of anilines is 4. The van der Waals surface area contributed by atoms with Crippen molar-refractivity contribution in [1.29, 1.82) is 0 Å². The van der Waals surface area contributed by atoms with Gasteiger partial charge < -0.3 is 59.5 Å². The summed E-state index contributed by atoms with van der Waals surface area (Å²) < 4.78 is 34.0. The number of ether oxygens (including phenoxy) is 6. The van der Waals surface area contributed by atoms with Crippen LogP contribution >= 0.6 is 136 Å². The molecule has 3 rings (SSSR count). The highest BCUT2D eigenvalue weighted by Gasteiger charge is 2.37. The minimum atomic E-state index is -1.02. The van der Waals surface area contributed by atoms with Crippen molar-refractivity contribution in [1.82, 2.24) is 0 Å². The van der Waals surface area contributed by atoms with Crippen LogP contribution in [0.15, 0.2) is 0 Å². The summed E-state index contributed by atoms with van der Waals surface area (Å²) in [5.41, 5.74) is 2.62. The zero-order valence-corrected chi connectivity index (χ0v) is 49.7. The lowest BCUT2D eigenvalue weighted by molar-refractivity contribution is -0.146. The molecule has 1 atom stereocenters. The highest BCUT2D eigenvalue weighted by atomic mass is 127. The van der Waals surface area contributed by atoms with Crippen LogP contribution in [0.25, 0.3) is 0 Å². The van der Waals surface area contributed by atoms with Gasteiger partial charge in [0.1, 0.15) is 6.10 Å². The standard InChI is InChI=1S/C23H27I3N2O10.C17H17I3N2O8/c1-11(29)35-9-15(31)27-21-18(24)14(5-6-17(33)34)19(25)22(20(21)26)28(16(32)10-36-12(2)30)7-13-8-37-23(3,4)38-13;1-7(23)29-5-10(25)21-16-13(18)9(3-4-12(27)28)14(19)17(15(16)20)22-11(26)6-30-8(2)24/h13H,5-10H2,1-4H3,(H,27,31)(H,33,34);3-6H2,1-2H3,(H,21,25)(H,22,26)(H,27,28). The molecule has 0 aromatic heterocycles. The Morgan fingerprint density at radius 2 is 0.926 bits per heavy atom. The molecule has 28 heteroatoms. The molecule has 1 fully saturated rings. The maximum Gasteiger partial charge on any atom is 0.303 e. The third kappa shape index (κ3) is 20.3. The van der Waals surface area contributed by atoms with Crippen LogP contribution in [-0.4, -0.2) is 121 Å². The summed E-state index contributed by atoms with van der Waals surface area (Å²) in [5.74, 6) is -7.70. The van der Waals surface area contributed by atoms with Gasteiger partial charge in [-0.2, -0.15) is 0 Å². The zero-order valence-electron chi connectivity index (χ0n) is 36.8. The van der Waals surface area contributed by atoms with Gasteiger partial charge in [-0.15, -0.1) is 0 Å². The fourth-order valence-electron chi connectivity index (χ4n) is 5.53. The monoisotopic (exact) mass is 1630 g/mol. The Hall–Kier alpha value is -2.56. The molecule has 4 amide bonds. The lowest BCUT2D eigenvalue weighted by Crippen LogP contribution is -2.42. The van der Waals surface area contributed by atoms with Crippen molar-refractivity contribution >= 4 is 218 Å². The molecule has 1 aliphatic rings. The Morgan fingerprint density at radius 1 is 0.574 bits per heavy atom. The third-order valence-corrected chi connectivity index (χ3v) is 15.3. The Morgan fingerprint density at radius 3 is 1.26 bits per heavy atom. The lowest BCUT2D eigenvalue weighted by Gasteiger charge is -2.30. The van der Waals surface area contributed by atoms with E-state index >= 15 is 0 Å². The van der Waals surface area contributed by atoms with E-state index in [1.165, 1.54) is 32.6 Å². The fourth-order valence-corrected chi connectivity index (χ4v) is 14.3. The first-order valence-electron chi connectivity index (χ1n) is 19.4. The van der Waals surface area contributed by atoms with Crippen LogP contribution in [0.5, 0.6) is 0 Å². The average molecular weight is 1630 g/mol. The van der Waals surface area contributed by atoms with Crippen LogP contribution in [0.4, 0.5) is 22.7 Å². The minimum Gasteiger partial charge on any atom is -0.481 e. The van der Waals surface area contributed by atoms with E-state index in [4.69, 9.17) is 24.1 Å². The van der Waals surface area contributed by atoms with Crippen LogP contribution < -0.4 is 20.9 Å². The second-order valence-corrected chi connectivity index (χ2v) is 20.8. The quantitative estimate of drug-likeness (QED) is 0.0613. The van der Waals surface area contributed by atoms with E-state index in [0.29, 0.717) is 55.3 Å². The third-order valence-electron chi connectivity index (χ3n) is 8.41. The maximum atomic E-state index is 13.4. The van der Waals surface area contributed by atoms with Crippen LogP contribution in [0.1, 0.15) is 65.5 Å². The van der Waals surface area contributed by atoms with Crippen molar-refractivity contribution in [3.8, 4) is 0 Å². The molecule has 0 saturated carbocycles. The second kappa shape index (κ2) is 29.1. The van der Waals surface area contributed by atoms with Gasteiger partial charge >= 0.3 is 35.8 Å². The van der Waals surface area contributed by atoms with Gasteiger partial charge in [-0.25, -0.2) is 0 Å². The van der Waals surface area contributed by atoms with E-state index in [9.17, 15) is 53.1 Å². The Bertz CT molecular complexity index is 2270. The Kier molecular flexibility index (Phi) is 26.3. The molecule has 0 bridgehead atoms. The number of nitrogens with zero attached hydrogens (tertiary/aromatic N) is 1. The largest absolute Gasteiger partial charge is 0.481 e. The first-order valence-corrected chi connectivity index (χ1v) is 25.9. The summed E-state index contributed by atoms with van der Waals surface area (Å²) in [6.45, 7) is 6.40. The van der Waals surface area contributed by atoms with Gasteiger partial charge in [0.05, 0.1) is 43.0 Å². The number of aliphatic carboxylic acids is 2. The van der Waals surface area contributed by atoms with Crippen molar-refractivity contribution in [3.63, 3.8) is 0 Å². The Labute approximate surface area is 471 Å². The predicted octanol–water partition coefficient (Wildman–Crippen LogP) is 5.59. The van der Waals surface area contributed by atoms with E-state index in [1.54, 1.807) is 13.8 Å². The molecule has 2 aromatic carbocycles. The van der Waals surface area contributed by atoms with E-state index in [-0.39, 0.29) is 38.8 Å². The number of esters is 4. The van der Waals surface area contributed by atoms with Crippen molar-refractivity contribution in [3.05, 3.63) is 32.5 Å². The molecular weight excluding hydrogens is 1590 g/mol. The number of nitrogens with one attached hydrogen (secondary N) is 3. The smallest absolute Gasteiger partial charge is 0.303 e. The van der Waals surface area contributed by atoms with Crippen LogP contribution in [0, 0.1) is 21.4 Å². The van der Waals surface area contributed by atoms with Crippen molar-refractivity contribution < 1.29 is 86.6 Å². The number of hydrogen-bond acceptors (Lipinski definition) is 16. The summed E-state index contributed by atoms with van der Waals surface area (Å²) in [6, 6.07) is 0. The lowest BCUT2D eigenvalue weighted by atomic mass is 10.1. The summed E-state index contributed by atoms with van der Waals surface area (Å²) >= 11 is 11.9. The number of rotatable bonds is 20. The molecule has 0 spiro atoms. The van der Waals surface area contributed by atoms with Gasteiger partial charge in [-0.3, -0.25) is 47.9 Å². The van der Waals surface area contributed by atoms with Crippen LogP contribution in [0.3, 0.4) is 0 Å². The summed E-state index contributed by atoms with van der Waals surface area (Å²) in [6.07, 6.45) is -0.592. The summed E-state index contributed by atoms with van der Waals surface area (Å²) in [5, 5.41) is 26.3. The van der Waals surface area contributed by atoms with Crippen LogP contribution in [-0.2, 0) is 89.2 Å². The zero-order chi connectivity index (χ0) is 51.8. The number of carboxylic acids is 2. The predicted molar refractivity (Wildman–Crippen MR) is 291 cm³/mol. The topological polar surface area (TPSA) is 306 Å². The molecular formula is C40H44I6N4O18. The molecule has 1 saturated heterocycles. The molecule has 0 aliphatic carbocycles. The van der Waals surface area contributed by atoms with Crippen molar-refractivity contribution in [2.45, 2.75) is 79.1 Å². The van der Waals surface area contributed by atoms with Gasteiger partial charge in [-0.05, 0) is 173 Å². The van der Waals surface area contributed by atoms with Crippen LogP contribution in [0.2, 0.25) is 0 Å². The van der Waals surface area contributed by atoms with E-state index < -0.39 is 97.8 Å². The van der Waals surface area contributed by atoms with Gasteiger partial charge in [0.15, 0.2) is 32.2 Å². The number of hydrogen-bond donors (Lipinski definition) is 5. The SMILES string of the molecule is CC(=O)OCC(=O)Nc1c(I)c(CCC(=O)O)c(I)c(N(CC2COC(C)(C)O2)C(=O)COC(C)=O)c1I.CC(=O)OCC(=O)Nc1c(I)c(CCC(=O)O)c(I)c(NC(=O)COC(C)=O)c1I. The highest BCUT2D eigenvalue weighted by molar-refractivity contribution is 14.1. The molecule has 0 radical (unpaired) electrons. The number of carboxylic acid groups (broad SMARTS) is 2. The Balaban J connectivity index is 0.000000481. The number of carbonyl (C=O) groups excluding carboxylic acids is 8. The molecule has 5 N–H and O–H groups in total. The van der Waals surface area contributed by atoms with Crippen molar-refractivity contribution in [2.24, 2.45) is 0 Å². The molecule has 68 heavy (non-hydrogen) atoms. The van der Waals surface area contributed by atoms with E-state index in [0.717, 1.165) is 0 Å². The average Bonchev–Trinajstić information content (AvgIpc) is 3.59. The molecule has 2 aromatic rings. The fraction of sp³-hybridized carbons (Fsp3) is 0.450. The van der Waals surface area contributed by atoms with Gasteiger partial charge in [0.2, 0.25) is 0 Å². The maximum absolute atomic E-state index is 13.4. The molecule has 1 heterocycles. The number of benzene rings is 2. The number of carbonyl (C=O) groups is 10. The van der Waals surface area contributed by atoms with Gasteiger partial charge in [-0.1, -0.05) is 0 Å². The molecule has 374 valence electrons. The van der Waals surface area contributed by atoms with Gasteiger partial charge in [0, 0.05) is 54.8 Å². The molecule has 22 nitrogen and oxygen atoms in total. The first-order chi connectivity index (χ1) is 31.6. The van der Waals surface area contributed by atoms with Crippen molar-refractivity contribution in [2.75, 3.05) is 60.4 Å². The molecule has 1 aliphatic heterocycles. The second-order valence-electron chi connectivity index (χ2n) is 14.3. The molecule has 1 unspecified atom stereocenters.